The molecule has 0 bridgehead atoms. The molecular formula is C24H36N8O16. The van der Waals surface area contributed by atoms with Gasteiger partial charge in [0, 0.05) is 36.4 Å². The van der Waals surface area contributed by atoms with Crippen LogP contribution in [0, 0.1) is 61.3 Å². The van der Waals surface area contributed by atoms with Gasteiger partial charge in [-0.15, -0.1) is 0 Å². The van der Waals surface area contributed by atoms with Gasteiger partial charge in [0.05, 0.1) is 20.3 Å². The minimum Gasteiger partial charge on any atom is -0.488 e. The number of nitrogens with zero attached hydrogens (tertiary/aromatic N) is 4. The minimum atomic E-state index is -1.75. The van der Waals surface area contributed by atoms with Crippen molar-refractivity contribution in [3.63, 3.8) is 0 Å². The molecule has 0 fully saturated rings. The van der Waals surface area contributed by atoms with Crippen LogP contribution < -0.4 is 36.3 Å². The fourth-order valence-electron chi connectivity index (χ4n) is 3.07. The maximum absolute atomic E-state index is 8.25. The van der Waals surface area contributed by atoms with Crippen LogP contribution in [0.4, 0.5) is 17.1 Å². The molecule has 3 aromatic carbocycles. The number of hydrogen-bond acceptors (Lipinski definition) is 15. The summed E-state index contributed by atoms with van der Waals surface area (Å²) in [7, 11) is 0. The van der Waals surface area contributed by atoms with Crippen molar-refractivity contribution >= 4 is 17.1 Å². The van der Waals surface area contributed by atoms with Crippen molar-refractivity contribution < 1.29 is 62.1 Å². The van der Waals surface area contributed by atoms with Gasteiger partial charge in [-0.1, -0.05) is 0 Å². The molecule has 268 valence electrons. The first kappa shape index (κ1) is 46.1. The lowest BCUT2D eigenvalue weighted by Gasteiger charge is -2.20. The summed E-state index contributed by atoms with van der Waals surface area (Å²) >= 11 is 0. The fraction of sp³-hybridized carbons (Fsp3) is 0.250. The third-order valence-electron chi connectivity index (χ3n) is 4.94. The monoisotopic (exact) mass is 692 g/mol. The standard InChI is InChI=1S/C24H30N4O3.4NO3.H2O/c25-19-1-7-22(8-2-19)29-16-13-28(14-17-30-23-9-3-20(26)4-10-23)15-18-31-24-11-5-21(27)6-12-24;4*2-1(3)4;/h1-12H,13-18,25-27H2;;;;;1H2/q;4*-1;/p+4. The van der Waals surface area contributed by atoms with E-state index in [9.17, 15) is 0 Å². The van der Waals surface area contributed by atoms with Crippen LogP contribution >= 0.6 is 0 Å². The molecule has 3 rings (SSSR count). The van der Waals surface area contributed by atoms with Gasteiger partial charge in [-0.25, -0.2) is 0 Å². The smallest absolute Gasteiger partial charge is 0.137 e. The number of benzene rings is 3. The van der Waals surface area contributed by atoms with Gasteiger partial charge in [-0.2, -0.15) is 0 Å². The second-order valence-electron chi connectivity index (χ2n) is 8.37. The molecule has 0 aliphatic carbocycles. The lowest BCUT2D eigenvalue weighted by atomic mass is 10.3. The van der Waals surface area contributed by atoms with Crippen LogP contribution in [0.25, 0.3) is 0 Å². The van der Waals surface area contributed by atoms with Gasteiger partial charge < -0.3 is 103 Å². The molecule has 48 heavy (non-hydrogen) atoms. The highest BCUT2D eigenvalue weighted by Gasteiger charge is 2.11. The molecule has 3 aromatic rings. The van der Waals surface area contributed by atoms with Crippen LogP contribution in [0.15, 0.2) is 72.8 Å². The van der Waals surface area contributed by atoms with Crippen molar-refractivity contribution in [3.8, 4) is 17.2 Å². The maximum atomic E-state index is 8.25. The molecule has 0 atom stereocenters. The van der Waals surface area contributed by atoms with Crippen molar-refractivity contribution in [2.75, 3.05) is 39.5 Å². The second kappa shape index (κ2) is 28.2. The summed E-state index contributed by atoms with van der Waals surface area (Å²) < 4.78 is 17.7. The third-order valence-corrected chi connectivity index (χ3v) is 4.94. The first-order chi connectivity index (χ1) is 22.0. The quantitative estimate of drug-likeness (QED) is 0.117. The van der Waals surface area contributed by atoms with Crippen molar-refractivity contribution in [2.45, 2.75) is 0 Å². The summed E-state index contributed by atoms with van der Waals surface area (Å²) in [5.74, 6) is 2.59. The molecule has 0 radical (unpaired) electrons. The summed E-state index contributed by atoms with van der Waals surface area (Å²) in [5.41, 5.74) is 14.6. The molecule has 0 amide bonds. The van der Waals surface area contributed by atoms with Crippen LogP contribution in [0.3, 0.4) is 0 Å². The Balaban J connectivity index is -0.000000996. The Kier molecular flexibility index (Phi) is 27.0. The zero-order valence-corrected chi connectivity index (χ0v) is 25.2. The average Bonchev–Trinajstić information content (AvgIpc) is 2.95. The van der Waals surface area contributed by atoms with E-state index in [-0.39, 0.29) is 5.48 Å². The van der Waals surface area contributed by atoms with Crippen molar-refractivity contribution in [1.29, 1.82) is 0 Å². The SMILES string of the molecule is O.O=[N+]([O-])[O-].O=[N+]([O-])[O-].O=[N+]([O-])[O-].O=[N+]([O-])[O-].[NH3+]c1ccc(OCC[NH+](CCOc2ccc([NH3+])cc2)CCOc2ccc([NH3+])cc2)cc1. The van der Waals surface area contributed by atoms with Crippen LogP contribution in [0.5, 0.6) is 17.2 Å². The maximum Gasteiger partial charge on any atom is 0.137 e. The first-order valence-electron chi connectivity index (χ1n) is 12.8. The number of rotatable bonds is 12. The summed E-state index contributed by atoms with van der Waals surface area (Å²) in [5, 5.41) is 59.0. The summed E-state index contributed by atoms with van der Waals surface area (Å²) in [6, 6.07) is 23.4. The number of ether oxygens (including phenoxy) is 3. The molecule has 12 N–H and O–H groups in total. The largest absolute Gasteiger partial charge is 0.488 e. The van der Waals surface area contributed by atoms with Gasteiger partial charge in [0.1, 0.15) is 73.8 Å². The molecule has 0 heterocycles. The highest BCUT2D eigenvalue weighted by atomic mass is 16.9. The van der Waals surface area contributed by atoms with E-state index < -0.39 is 20.3 Å². The first-order valence-corrected chi connectivity index (χ1v) is 12.8. The highest BCUT2D eigenvalue weighted by Crippen LogP contribution is 2.13. The van der Waals surface area contributed by atoms with Crippen molar-refractivity contribution in [3.05, 3.63) is 134 Å². The van der Waals surface area contributed by atoms with E-state index in [1.54, 1.807) is 0 Å². The number of quaternary nitrogens is 4. The fourth-order valence-corrected chi connectivity index (χ4v) is 3.07. The van der Waals surface area contributed by atoms with E-state index in [0.717, 1.165) is 53.9 Å². The van der Waals surface area contributed by atoms with Gasteiger partial charge in [0.2, 0.25) is 0 Å². The Labute approximate surface area is 270 Å². The van der Waals surface area contributed by atoms with Crippen LogP contribution in [-0.4, -0.2) is 65.3 Å². The van der Waals surface area contributed by atoms with Crippen LogP contribution in [0.1, 0.15) is 0 Å². The lowest BCUT2D eigenvalue weighted by Crippen LogP contribution is -3.13. The second-order valence-corrected chi connectivity index (χ2v) is 8.37. The molecule has 0 saturated heterocycles. The molecule has 24 nitrogen and oxygen atoms in total. The van der Waals surface area contributed by atoms with Crippen LogP contribution in [-0.2, 0) is 0 Å². The van der Waals surface area contributed by atoms with E-state index in [4.69, 9.17) is 75.5 Å². The van der Waals surface area contributed by atoms with Crippen molar-refractivity contribution in [1.82, 2.24) is 0 Å². The van der Waals surface area contributed by atoms with E-state index in [1.165, 1.54) is 4.90 Å². The van der Waals surface area contributed by atoms with E-state index in [2.05, 4.69) is 17.2 Å². The predicted molar refractivity (Wildman–Crippen MR) is 164 cm³/mol. The molecule has 24 heteroatoms. The zero-order valence-electron chi connectivity index (χ0n) is 25.2. The zero-order chi connectivity index (χ0) is 36.2. The molecule has 0 aliphatic rings. The normalized spacial score (nSPS) is 9.00. The van der Waals surface area contributed by atoms with Crippen LogP contribution in [0.2, 0.25) is 0 Å². The minimum absolute atomic E-state index is 0. The molecule has 0 saturated carbocycles. The average molecular weight is 693 g/mol. The van der Waals surface area contributed by atoms with Gasteiger partial charge >= 0.3 is 0 Å². The van der Waals surface area contributed by atoms with E-state index in [0.29, 0.717) is 19.8 Å². The summed E-state index contributed by atoms with van der Waals surface area (Å²) in [4.78, 5) is 34.4. The third kappa shape index (κ3) is 34.2. The topological polar surface area (TPSA) is 411 Å². The van der Waals surface area contributed by atoms with Gasteiger partial charge in [-0.05, 0) is 36.4 Å². The summed E-state index contributed by atoms with van der Waals surface area (Å²) in [6.45, 7) is 4.44. The predicted octanol–water partition coefficient (Wildman–Crippen LogP) is -2.05. The molecule has 0 aromatic heterocycles. The lowest BCUT2D eigenvalue weighted by molar-refractivity contribution is -0.900. The Bertz CT molecular complexity index is 1120. The molecule has 0 spiro atoms. The summed E-state index contributed by atoms with van der Waals surface area (Å²) in [6.07, 6.45) is 0. The molecule has 0 unspecified atom stereocenters. The Morgan fingerprint density at radius 2 is 0.604 bits per heavy atom. The molecular weight excluding hydrogens is 656 g/mol. The van der Waals surface area contributed by atoms with Crippen molar-refractivity contribution in [2.24, 2.45) is 0 Å². The molecule has 0 aliphatic heterocycles. The van der Waals surface area contributed by atoms with E-state index in [1.807, 2.05) is 72.8 Å². The Morgan fingerprint density at radius 1 is 0.438 bits per heavy atom. The number of hydrogen-bond donors (Lipinski definition) is 4. The van der Waals surface area contributed by atoms with Gasteiger partial charge in [-0.3, -0.25) is 0 Å². The van der Waals surface area contributed by atoms with E-state index >= 15 is 0 Å². The number of nitrogens with one attached hydrogen (secondary N) is 1. The van der Waals surface area contributed by atoms with Gasteiger partial charge in [0.15, 0.2) is 0 Å². The Morgan fingerprint density at radius 3 is 0.771 bits per heavy atom. The van der Waals surface area contributed by atoms with Gasteiger partial charge in [0.25, 0.3) is 0 Å². The Hall–Kier alpha value is -6.34. The highest BCUT2D eigenvalue weighted by molar-refractivity contribution is 5.35.